The van der Waals surface area contributed by atoms with Gasteiger partial charge in [0.25, 0.3) is 0 Å². The minimum atomic E-state index is -4.57. The third-order valence-corrected chi connectivity index (χ3v) is 6.15. The van der Waals surface area contributed by atoms with Crippen LogP contribution in [-0.4, -0.2) is 27.6 Å². The lowest BCUT2D eigenvalue weighted by molar-refractivity contribution is -0.141. The van der Waals surface area contributed by atoms with Gasteiger partial charge in [-0.15, -0.1) is 0 Å². The van der Waals surface area contributed by atoms with Gasteiger partial charge in [0.05, 0.1) is 35.4 Å². The fourth-order valence-corrected chi connectivity index (χ4v) is 4.57. The number of amides is 2. The Hall–Kier alpha value is -3.67. The van der Waals surface area contributed by atoms with Gasteiger partial charge in [0.2, 0.25) is 0 Å². The van der Waals surface area contributed by atoms with Gasteiger partial charge in [0.15, 0.2) is 0 Å². The minimum Gasteiger partial charge on any atom is -0.283 e. The average molecular weight is 423 g/mol. The fraction of sp³-hybridized carbons (Fsp3) is 0.273. The Morgan fingerprint density at radius 1 is 1.10 bits per heavy atom. The molecule has 1 saturated heterocycles. The van der Waals surface area contributed by atoms with E-state index in [9.17, 15) is 23.2 Å². The lowest BCUT2D eigenvalue weighted by Gasteiger charge is -2.45. The molecule has 1 atom stereocenters. The van der Waals surface area contributed by atoms with E-state index >= 15 is 0 Å². The van der Waals surface area contributed by atoms with Gasteiger partial charge >= 0.3 is 12.2 Å². The summed E-state index contributed by atoms with van der Waals surface area (Å²) in [6.45, 7) is 0. The van der Waals surface area contributed by atoms with Crippen molar-refractivity contribution in [2.75, 3.05) is 9.80 Å². The third-order valence-electron chi connectivity index (χ3n) is 6.15. The van der Waals surface area contributed by atoms with E-state index in [1.807, 2.05) is 24.3 Å². The standard InChI is InChI=1S/C22H16F3N5O/c23-22(24,25)18-7-6-15(12-28-18)30-20(31)29(19(10-26)21(30)8-3-9-21)17-13-27-11-14-4-1-2-5-16(14)17/h1-2,4-7,11-13,19H,3,8-9H2. The van der Waals surface area contributed by atoms with Crippen LogP contribution in [0.15, 0.2) is 55.0 Å². The molecule has 0 bridgehead atoms. The van der Waals surface area contributed by atoms with Gasteiger partial charge in [0.1, 0.15) is 11.7 Å². The molecule has 3 aromatic rings. The summed E-state index contributed by atoms with van der Waals surface area (Å²) in [5.74, 6) is 0. The molecule has 1 spiro atoms. The Morgan fingerprint density at radius 3 is 2.48 bits per heavy atom. The molecule has 5 rings (SSSR count). The van der Waals surface area contributed by atoms with Gasteiger partial charge in [-0.25, -0.2) is 9.78 Å². The number of anilines is 2. The summed E-state index contributed by atoms with van der Waals surface area (Å²) in [4.78, 5) is 24.2. The Bertz CT molecular complexity index is 1210. The van der Waals surface area contributed by atoms with Crippen LogP contribution in [0.3, 0.4) is 0 Å². The van der Waals surface area contributed by atoms with E-state index in [1.165, 1.54) is 15.9 Å². The first-order valence-corrected chi connectivity index (χ1v) is 9.76. The van der Waals surface area contributed by atoms with Gasteiger partial charge in [-0.05, 0) is 31.4 Å². The molecule has 3 heterocycles. The van der Waals surface area contributed by atoms with Crippen LogP contribution < -0.4 is 9.80 Å². The van der Waals surface area contributed by atoms with Crippen molar-refractivity contribution in [3.8, 4) is 6.07 Å². The van der Waals surface area contributed by atoms with Gasteiger partial charge in [-0.3, -0.25) is 14.8 Å². The molecule has 2 aliphatic rings. The molecule has 2 aromatic heterocycles. The zero-order chi connectivity index (χ0) is 21.8. The number of fused-ring (bicyclic) bond motifs is 1. The number of hydrogen-bond donors (Lipinski definition) is 0. The van der Waals surface area contributed by atoms with Crippen molar-refractivity contribution in [2.24, 2.45) is 0 Å². The molecule has 1 aliphatic heterocycles. The molecule has 1 saturated carbocycles. The SMILES string of the molecule is N#CC1N(c2cncc3ccccc23)C(=O)N(c2ccc(C(F)(F)F)nc2)C12CCC2. The predicted molar refractivity (Wildman–Crippen MR) is 107 cm³/mol. The molecular weight excluding hydrogens is 407 g/mol. The van der Waals surface area contributed by atoms with Crippen LogP contribution in [0.1, 0.15) is 25.0 Å². The molecule has 31 heavy (non-hydrogen) atoms. The van der Waals surface area contributed by atoms with Crippen LogP contribution in [0, 0.1) is 11.3 Å². The highest BCUT2D eigenvalue weighted by Crippen LogP contribution is 2.51. The maximum absolute atomic E-state index is 13.6. The van der Waals surface area contributed by atoms with Gasteiger partial charge in [0, 0.05) is 17.0 Å². The maximum Gasteiger partial charge on any atom is 0.433 e. The Kier molecular flexibility index (Phi) is 4.15. The number of hydrogen-bond acceptors (Lipinski definition) is 4. The minimum absolute atomic E-state index is 0.244. The number of halogens is 3. The van der Waals surface area contributed by atoms with Crippen molar-refractivity contribution >= 4 is 28.2 Å². The summed E-state index contributed by atoms with van der Waals surface area (Å²) in [6, 6.07) is 10.5. The van der Waals surface area contributed by atoms with E-state index in [0.29, 0.717) is 18.5 Å². The van der Waals surface area contributed by atoms with E-state index in [-0.39, 0.29) is 5.69 Å². The van der Waals surface area contributed by atoms with E-state index in [0.717, 1.165) is 29.5 Å². The Balaban J connectivity index is 1.64. The largest absolute Gasteiger partial charge is 0.433 e. The first kappa shape index (κ1) is 19.3. The molecule has 9 heteroatoms. The Labute approximate surface area is 175 Å². The van der Waals surface area contributed by atoms with Crippen LogP contribution in [0.4, 0.5) is 29.3 Å². The lowest BCUT2D eigenvalue weighted by Crippen LogP contribution is -2.57. The zero-order valence-corrected chi connectivity index (χ0v) is 16.2. The molecule has 0 N–H and O–H groups in total. The van der Waals surface area contributed by atoms with Crippen LogP contribution in [0.25, 0.3) is 10.8 Å². The molecule has 1 aliphatic carbocycles. The second-order valence-electron chi connectivity index (χ2n) is 7.76. The number of rotatable bonds is 2. The first-order valence-electron chi connectivity index (χ1n) is 9.76. The number of carbonyl (C=O) groups is 1. The molecule has 1 unspecified atom stereocenters. The molecule has 0 radical (unpaired) electrons. The second-order valence-corrected chi connectivity index (χ2v) is 7.76. The molecular formula is C22H16F3N5O. The summed E-state index contributed by atoms with van der Waals surface area (Å²) >= 11 is 0. The molecule has 1 aromatic carbocycles. The van der Waals surface area contributed by atoms with Crippen LogP contribution in [0.2, 0.25) is 0 Å². The van der Waals surface area contributed by atoms with Crippen molar-refractivity contribution in [1.82, 2.24) is 9.97 Å². The summed E-state index contributed by atoms with van der Waals surface area (Å²) in [6.07, 6.45) is 1.68. The monoisotopic (exact) mass is 423 g/mol. The number of carbonyl (C=O) groups excluding carboxylic acids is 1. The fourth-order valence-electron chi connectivity index (χ4n) is 4.57. The zero-order valence-electron chi connectivity index (χ0n) is 16.2. The predicted octanol–water partition coefficient (Wildman–Crippen LogP) is 4.91. The average Bonchev–Trinajstić information content (AvgIpc) is 3.01. The van der Waals surface area contributed by atoms with Crippen molar-refractivity contribution in [3.05, 3.63) is 60.7 Å². The third kappa shape index (κ3) is 2.75. The number of nitriles is 1. The van der Waals surface area contributed by atoms with Crippen molar-refractivity contribution < 1.29 is 18.0 Å². The van der Waals surface area contributed by atoms with E-state index in [4.69, 9.17) is 0 Å². The number of pyridine rings is 2. The molecule has 2 fully saturated rings. The van der Waals surface area contributed by atoms with E-state index < -0.39 is 29.5 Å². The second kappa shape index (κ2) is 6.67. The molecule has 6 nitrogen and oxygen atoms in total. The quantitative estimate of drug-likeness (QED) is 0.587. The highest BCUT2D eigenvalue weighted by Gasteiger charge is 2.61. The summed E-state index contributed by atoms with van der Waals surface area (Å²) < 4.78 is 38.9. The highest BCUT2D eigenvalue weighted by atomic mass is 19.4. The number of benzene rings is 1. The molecule has 2 amide bonds. The number of aromatic nitrogens is 2. The van der Waals surface area contributed by atoms with Crippen LogP contribution >= 0.6 is 0 Å². The van der Waals surface area contributed by atoms with Crippen molar-refractivity contribution in [2.45, 2.75) is 37.0 Å². The number of alkyl halides is 3. The summed E-state index contributed by atoms with van der Waals surface area (Å²) in [5, 5.41) is 11.6. The van der Waals surface area contributed by atoms with Gasteiger partial charge in [-0.2, -0.15) is 18.4 Å². The van der Waals surface area contributed by atoms with Crippen LogP contribution in [0.5, 0.6) is 0 Å². The van der Waals surface area contributed by atoms with Crippen LogP contribution in [-0.2, 0) is 6.18 Å². The highest BCUT2D eigenvalue weighted by molar-refractivity contribution is 6.13. The lowest BCUT2D eigenvalue weighted by atomic mass is 9.71. The van der Waals surface area contributed by atoms with E-state index in [1.54, 1.807) is 12.4 Å². The normalized spacial score (nSPS) is 20.2. The number of nitrogens with zero attached hydrogens (tertiary/aromatic N) is 5. The smallest absolute Gasteiger partial charge is 0.283 e. The Morgan fingerprint density at radius 2 is 1.87 bits per heavy atom. The first-order chi connectivity index (χ1) is 14.9. The van der Waals surface area contributed by atoms with Gasteiger partial charge < -0.3 is 0 Å². The summed E-state index contributed by atoms with van der Waals surface area (Å²) in [7, 11) is 0. The number of urea groups is 1. The maximum atomic E-state index is 13.6. The van der Waals surface area contributed by atoms with Gasteiger partial charge in [-0.1, -0.05) is 24.3 Å². The van der Waals surface area contributed by atoms with E-state index in [2.05, 4.69) is 16.0 Å². The molecule has 156 valence electrons. The van der Waals surface area contributed by atoms with Crippen molar-refractivity contribution in [1.29, 1.82) is 5.26 Å². The van der Waals surface area contributed by atoms with Crippen molar-refractivity contribution in [3.63, 3.8) is 0 Å². The summed E-state index contributed by atoms with van der Waals surface area (Å²) in [5.41, 5.74) is -1.10. The topological polar surface area (TPSA) is 73.1 Å².